The minimum absolute atomic E-state index is 0.00870. The summed E-state index contributed by atoms with van der Waals surface area (Å²) in [4.78, 5) is 27.1. The average molecular weight is 449 g/mol. The van der Waals surface area contributed by atoms with Crippen LogP contribution < -0.4 is 11.1 Å². The molecular formula is C23H21F2N7O. The number of aryl methyl sites for hydroxylation is 1. The molecule has 8 nitrogen and oxygen atoms in total. The van der Waals surface area contributed by atoms with Crippen molar-refractivity contribution in [1.82, 2.24) is 24.4 Å². The van der Waals surface area contributed by atoms with Crippen LogP contribution >= 0.6 is 0 Å². The number of fused-ring (bicyclic) bond motifs is 1. The second-order valence-electron chi connectivity index (χ2n) is 8.07. The molecule has 3 N–H and O–H groups in total. The second-order valence-corrected chi connectivity index (χ2v) is 8.07. The molecule has 5 rings (SSSR count). The highest BCUT2D eigenvalue weighted by molar-refractivity contribution is 6.00. The number of carbonyl (C=O) groups excluding carboxylic acids is 1. The number of carbonyl (C=O) groups is 1. The first kappa shape index (κ1) is 20.8. The molecule has 0 bridgehead atoms. The highest BCUT2D eigenvalue weighted by atomic mass is 19.1. The Morgan fingerprint density at radius 3 is 2.76 bits per heavy atom. The SMILES string of the molecule is Cn1cc(-c2ccc(NC(=O)N(Cc3cc(F)ccc3F)C3CC3)nc2)c2c(N)ncnc21. The number of amides is 2. The lowest BCUT2D eigenvalue weighted by Crippen LogP contribution is -2.36. The fraction of sp³-hybridized carbons (Fsp3) is 0.217. The minimum Gasteiger partial charge on any atom is -0.383 e. The number of hydrogen-bond acceptors (Lipinski definition) is 5. The van der Waals surface area contributed by atoms with Crippen molar-refractivity contribution < 1.29 is 13.6 Å². The topological polar surface area (TPSA) is 102 Å². The Morgan fingerprint density at radius 1 is 1.21 bits per heavy atom. The van der Waals surface area contributed by atoms with Gasteiger partial charge in [-0.3, -0.25) is 5.32 Å². The number of aromatic nitrogens is 4. The molecule has 3 aromatic heterocycles. The zero-order chi connectivity index (χ0) is 23.1. The first-order valence-corrected chi connectivity index (χ1v) is 10.4. The van der Waals surface area contributed by atoms with Gasteiger partial charge in [0.2, 0.25) is 0 Å². The van der Waals surface area contributed by atoms with E-state index in [1.807, 2.05) is 23.9 Å². The number of pyridine rings is 1. The zero-order valence-corrected chi connectivity index (χ0v) is 17.8. The van der Waals surface area contributed by atoms with Gasteiger partial charge in [-0.2, -0.15) is 0 Å². The molecule has 4 aromatic rings. The number of nitrogen functional groups attached to an aromatic ring is 1. The van der Waals surface area contributed by atoms with Crippen LogP contribution in [0.15, 0.2) is 49.1 Å². The molecule has 1 fully saturated rings. The molecule has 33 heavy (non-hydrogen) atoms. The maximum absolute atomic E-state index is 14.1. The molecule has 1 aliphatic rings. The quantitative estimate of drug-likeness (QED) is 0.478. The Balaban J connectivity index is 1.36. The third kappa shape index (κ3) is 4.07. The molecule has 0 unspecified atom stereocenters. The normalized spacial score (nSPS) is 13.3. The van der Waals surface area contributed by atoms with Crippen LogP contribution in [0.1, 0.15) is 18.4 Å². The first-order valence-electron chi connectivity index (χ1n) is 10.4. The number of urea groups is 1. The number of halogens is 2. The molecule has 0 spiro atoms. The number of nitrogens with one attached hydrogen (secondary N) is 1. The highest BCUT2D eigenvalue weighted by Gasteiger charge is 2.33. The van der Waals surface area contributed by atoms with Crippen LogP contribution in [-0.2, 0) is 13.6 Å². The summed E-state index contributed by atoms with van der Waals surface area (Å²) in [6.07, 6.45) is 6.58. The molecule has 10 heteroatoms. The van der Waals surface area contributed by atoms with E-state index in [9.17, 15) is 13.6 Å². The van der Waals surface area contributed by atoms with Crippen molar-refractivity contribution in [3.63, 3.8) is 0 Å². The lowest BCUT2D eigenvalue weighted by molar-refractivity contribution is 0.205. The fourth-order valence-electron chi connectivity index (χ4n) is 3.86. The van der Waals surface area contributed by atoms with E-state index in [2.05, 4.69) is 20.3 Å². The van der Waals surface area contributed by atoms with Crippen LogP contribution in [0.25, 0.3) is 22.2 Å². The number of hydrogen-bond donors (Lipinski definition) is 2. The van der Waals surface area contributed by atoms with Gasteiger partial charge in [0.1, 0.15) is 35.2 Å². The first-order chi connectivity index (χ1) is 15.9. The Labute approximate surface area is 188 Å². The smallest absolute Gasteiger partial charge is 0.323 e. The predicted octanol–water partition coefficient (Wildman–Crippen LogP) is 4.09. The van der Waals surface area contributed by atoms with Gasteiger partial charge in [-0.25, -0.2) is 28.5 Å². The van der Waals surface area contributed by atoms with Crippen LogP contribution in [0.5, 0.6) is 0 Å². The molecule has 0 radical (unpaired) electrons. The van der Waals surface area contributed by atoms with Gasteiger partial charge in [-0.1, -0.05) is 0 Å². The van der Waals surface area contributed by atoms with Crippen molar-refractivity contribution in [2.24, 2.45) is 7.05 Å². The van der Waals surface area contributed by atoms with E-state index in [1.165, 1.54) is 11.2 Å². The van der Waals surface area contributed by atoms with Gasteiger partial charge in [0.15, 0.2) is 0 Å². The van der Waals surface area contributed by atoms with Gasteiger partial charge in [-0.05, 0) is 43.2 Å². The van der Waals surface area contributed by atoms with E-state index in [1.54, 1.807) is 12.3 Å². The van der Waals surface area contributed by atoms with Gasteiger partial charge in [0.25, 0.3) is 0 Å². The molecule has 1 saturated carbocycles. The molecule has 0 atom stereocenters. The fourth-order valence-corrected chi connectivity index (χ4v) is 3.86. The summed E-state index contributed by atoms with van der Waals surface area (Å²) in [5, 5.41) is 3.49. The zero-order valence-electron chi connectivity index (χ0n) is 17.8. The summed E-state index contributed by atoms with van der Waals surface area (Å²) in [5.74, 6) is -0.369. The highest BCUT2D eigenvalue weighted by Crippen LogP contribution is 2.32. The summed E-state index contributed by atoms with van der Waals surface area (Å²) in [6, 6.07) is 6.32. The summed E-state index contributed by atoms with van der Waals surface area (Å²) >= 11 is 0. The van der Waals surface area contributed by atoms with Gasteiger partial charge < -0.3 is 15.2 Å². The van der Waals surface area contributed by atoms with Crippen molar-refractivity contribution >= 4 is 28.7 Å². The van der Waals surface area contributed by atoms with Crippen molar-refractivity contribution in [3.05, 3.63) is 66.3 Å². The van der Waals surface area contributed by atoms with Gasteiger partial charge in [0, 0.05) is 42.2 Å². The van der Waals surface area contributed by atoms with Gasteiger partial charge in [0.05, 0.1) is 11.9 Å². The Morgan fingerprint density at radius 2 is 2.03 bits per heavy atom. The van der Waals surface area contributed by atoms with Crippen molar-refractivity contribution in [3.8, 4) is 11.1 Å². The average Bonchev–Trinajstić information content (AvgIpc) is 3.58. The van der Waals surface area contributed by atoms with Crippen LogP contribution in [0.2, 0.25) is 0 Å². The molecular weight excluding hydrogens is 428 g/mol. The maximum atomic E-state index is 14.1. The molecule has 3 heterocycles. The third-order valence-corrected chi connectivity index (χ3v) is 5.69. The van der Waals surface area contributed by atoms with E-state index in [4.69, 9.17) is 5.73 Å². The second kappa shape index (κ2) is 8.12. The Bertz CT molecular complexity index is 1350. The molecule has 0 saturated heterocycles. The van der Waals surface area contributed by atoms with E-state index in [-0.39, 0.29) is 18.2 Å². The molecule has 2 amide bonds. The summed E-state index contributed by atoms with van der Waals surface area (Å²) in [7, 11) is 1.87. The van der Waals surface area contributed by atoms with E-state index in [0.29, 0.717) is 17.3 Å². The number of anilines is 2. The van der Waals surface area contributed by atoms with Gasteiger partial charge >= 0.3 is 6.03 Å². The lowest BCUT2D eigenvalue weighted by atomic mass is 10.1. The van der Waals surface area contributed by atoms with E-state index < -0.39 is 17.7 Å². The number of benzene rings is 1. The predicted molar refractivity (Wildman–Crippen MR) is 120 cm³/mol. The Kier molecular flexibility index (Phi) is 5.12. The molecule has 1 aromatic carbocycles. The summed E-state index contributed by atoms with van der Waals surface area (Å²) in [5.41, 5.74) is 8.52. The van der Waals surface area contributed by atoms with Gasteiger partial charge in [-0.15, -0.1) is 0 Å². The molecule has 0 aliphatic heterocycles. The van der Waals surface area contributed by atoms with Crippen molar-refractivity contribution in [2.75, 3.05) is 11.1 Å². The van der Waals surface area contributed by atoms with Crippen LogP contribution in [0, 0.1) is 11.6 Å². The number of nitrogens with two attached hydrogens (primary N) is 1. The maximum Gasteiger partial charge on any atom is 0.323 e. The summed E-state index contributed by atoms with van der Waals surface area (Å²) in [6.45, 7) is -0.0204. The largest absolute Gasteiger partial charge is 0.383 e. The lowest BCUT2D eigenvalue weighted by Gasteiger charge is -2.23. The van der Waals surface area contributed by atoms with Crippen LogP contribution in [0.3, 0.4) is 0 Å². The molecule has 1 aliphatic carbocycles. The monoisotopic (exact) mass is 449 g/mol. The third-order valence-electron chi connectivity index (χ3n) is 5.69. The van der Waals surface area contributed by atoms with Crippen LogP contribution in [-0.4, -0.2) is 36.5 Å². The van der Waals surface area contributed by atoms with E-state index in [0.717, 1.165) is 47.6 Å². The van der Waals surface area contributed by atoms with Crippen molar-refractivity contribution in [2.45, 2.75) is 25.4 Å². The summed E-state index contributed by atoms with van der Waals surface area (Å²) < 4.78 is 29.5. The Hall–Kier alpha value is -4.08. The number of rotatable bonds is 5. The minimum atomic E-state index is -0.546. The standard InChI is InChI=1S/C23H21F2N7O/c1-31-11-17(20-21(26)28-12-29-22(20)31)13-2-7-19(27-9-13)30-23(33)32(16-4-5-16)10-14-8-15(24)3-6-18(14)25/h2-3,6-9,11-12,16H,4-5,10H2,1H3,(H2,26,28,29)(H,27,30,33). The van der Waals surface area contributed by atoms with Crippen molar-refractivity contribution in [1.29, 1.82) is 0 Å². The molecule has 168 valence electrons. The number of nitrogens with zero attached hydrogens (tertiary/aromatic N) is 5. The van der Waals surface area contributed by atoms with Crippen LogP contribution in [0.4, 0.5) is 25.2 Å². The van der Waals surface area contributed by atoms with E-state index >= 15 is 0 Å².